The molecule has 0 bridgehead atoms. The average Bonchev–Trinajstić information content (AvgIpc) is 2.64. The van der Waals surface area contributed by atoms with Crippen molar-refractivity contribution >= 4 is 8.19 Å². The lowest BCUT2D eigenvalue weighted by atomic mass is 10.2. The maximum Gasteiger partial charge on any atom is 0.0689 e. The maximum absolute atomic E-state index is 3.95. The van der Waals surface area contributed by atoms with Gasteiger partial charge in [-0.15, -0.1) is 8.19 Å². The van der Waals surface area contributed by atoms with E-state index >= 15 is 0 Å². The Balaban J connectivity index is 2.55. The third-order valence-electron chi connectivity index (χ3n) is 2.17. The summed E-state index contributed by atoms with van der Waals surface area (Å²) in [6.45, 7) is 4.33. The first-order chi connectivity index (χ1) is 5.79. The van der Waals surface area contributed by atoms with Crippen molar-refractivity contribution in [2.24, 2.45) is 0 Å². The van der Waals surface area contributed by atoms with Crippen LogP contribution >= 0.6 is 8.19 Å². The Hall–Kier alpha value is -1.01. The monoisotopic (exact) mass is 178 g/mol. The standard InChI is InChI=1S/C9H11N2P/c1-6-5-12-9(7(6)2)8-3-4-10-11-8/h3-5,12H,1-2H3,(H,10,11). The van der Waals surface area contributed by atoms with Gasteiger partial charge in [0.05, 0.1) is 5.69 Å². The van der Waals surface area contributed by atoms with E-state index in [0.29, 0.717) is 0 Å². The number of hydrogen-bond donors (Lipinski definition) is 1. The highest BCUT2D eigenvalue weighted by Crippen LogP contribution is 2.33. The van der Waals surface area contributed by atoms with Crippen LogP contribution in [0, 0.1) is 13.8 Å². The minimum absolute atomic E-state index is 0.801. The van der Waals surface area contributed by atoms with Gasteiger partial charge < -0.3 is 0 Å². The molecule has 62 valence electrons. The zero-order chi connectivity index (χ0) is 8.55. The lowest BCUT2D eigenvalue weighted by molar-refractivity contribution is 1.10. The lowest BCUT2D eigenvalue weighted by Gasteiger charge is -1.95. The third-order valence-corrected chi connectivity index (χ3v) is 3.68. The molecular weight excluding hydrogens is 167 g/mol. The number of nitrogens with one attached hydrogen (secondary N) is 1. The highest BCUT2D eigenvalue weighted by Gasteiger charge is 2.05. The number of H-pyrrole nitrogens is 1. The van der Waals surface area contributed by atoms with Crippen molar-refractivity contribution in [2.45, 2.75) is 13.8 Å². The summed E-state index contributed by atoms with van der Waals surface area (Å²) in [6, 6.07) is 2.03. The normalized spacial score (nSPS) is 11.2. The van der Waals surface area contributed by atoms with Gasteiger partial charge in [0.1, 0.15) is 0 Å². The van der Waals surface area contributed by atoms with Crippen LogP contribution in [0.2, 0.25) is 0 Å². The summed E-state index contributed by atoms with van der Waals surface area (Å²) in [5.74, 6) is 2.28. The number of aromatic amines is 1. The van der Waals surface area contributed by atoms with E-state index in [1.54, 1.807) is 6.20 Å². The van der Waals surface area contributed by atoms with Crippen LogP contribution < -0.4 is 0 Å². The Kier molecular flexibility index (Phi) is 1.78. The molecule has 2 heterocycles. The Labute approximate surface area is 73.1 Å². The smallest absolute Gasteiger partial charge is 0.0689 e. The van der Waals surface area contributed by atoms with Gasteiger partial charge in [-0.3, -0.25) is 5.10 Å². The van der Waals surface area contributed by atoms with Gasteiger partial charge in [0.25, 0.3) is 0 Å². The SMILES string of the molecule is Cc1c[pH]c(-c2ccn[nH]2)c1C. The largest absolute Gasteiger partial charge is 0.278 e. The molecule has 12 heavy (non-hydrogen) atoms. The van der Waals surface area contributed by atoms with Crippen LogP contribution in [-0.4, -0.2) is 10.2 Å². The molecule has 2 aromatic rings. The molecule has 2 rings (SSSR count). The van der Waals surface area contributed by atoms with Gasteiger partial charge >= 0.3 is 0 Å². The predicted octanol–water partition coefficient (Wildman–Crippen LogP) is 2.72. The van der Waals surface area contributed by atoms with Crippen LogP contribution in [0.15, 0.2) is 18.1 Å². The summed E-state index contributed by atoms with van der Waals surface area (Å²) in [6.07, 6.45) is 1.80. The van der Waals surface area contributed by atoms with Crippen molar-refractivity contribution in [3.8, 4) is 11.0 Å². The zero-order valence-electron chi connectivity index (χ0n) is 7.18. The van der Waals surface area contributed by atoms with Gasteiger partial charge in [-0.25, -0.2) is 0 Å². The van der Waals surface area contributed by atoms with E-state index in [-0.39, 0.29) is 0 Å². The van der Waals surface area contributed by atoms with Gasteiger partial charge in [-0.05, 0) is 36.8 Å². The van der Waals surface area contributed by atoms with Gasteiger partial charge in [0.15, 0.2) is 0 Å². The first-order valence-electron chi connectivity index (χ1n) is 3.93. The summed E-state index contributed by atoms with van der Waals surface area (Å²) >= 11 is 0. The Bertz CT molecular complexity index is 373. The number of nitrogens with zero attached hydrogens (tertiary/aromatic N) is 1. The van der Waals surface area contributed by atoms with Crippen molar-refractivity contribution in [2.75, 3.05) is 0 Å². The van der Waals surface area contributed by atoms with E-state index in [2.05, 4.69) is 29.8 Å². The van der Waals surface area contributed by atoms with Crippen molar-refractivity contribution in [1.82, 2.24) is 10.2 Å². The molecular formula is C9H11N2P. The fourth-order valence-electron chi connectivity index (χ4n) is 1.27. The highest BCUT2D eigenvalue weighted by molar-refractivity contribution is 7.33. The number of aromatic nitrogens is 2. The molecule has 2 aromatic heterocycles. The van der Waals surface area contributed by atoms with Gasteiger partial charge in [0, 0.05) is 11.5 Å². The van der Waals surface area contributed by atoms with E-state index in [0.717, 1.165) is 8.19 Å². The van der Waals surface area contributed by atoms with Crippen LogP contribution in [0.4, 0.5) is 0 Å². The first kappa shape index (κ1) is 7.63. The minimum atomic E-state index is 0.801. The molecule has 0 fully saturated rings. The van der Waals surface area contributed by atoms with E-state index in [9.17, 15) is 0 Å². The third kappa shape index (κ3) is 1.09. The Morgan fingerprint density at radius 1 is 1.42 bits per heavy atom. The van der Waals surface area contributed by atoms with E-state index < -0.39 is 0 Å². The number of aryl methyl sites for hydroxylation is 1. The molecule has 2 nitrogen and oxygen atoms in total. The van der Waals surface area contributed by atoms with E-state index in [4.69, 9.17) is 0 Å². The lowest BCUT2D eigenvalue weighted by Crippen LogP contribution is -1.77. The van der Waals surface area contributed by atoms with E-state index in [1.165, 1.54) is 22.1 Å². The maximum atomic E-state index is 3.95. The fraction of sp³-hybridized carbons (Fsp3) is 0.222. The molecule has 1 unspecified atom stereocenters. The summed E-state index contributed by atoms with van der Waals surface area (Å²) in [4.78, 5) is 0. The number of rotatable bonds is 1. The topological polar surface area (TPSA) is 28.7 Å². The molecule has 0 aliphatic carbocycles. The average molecular weight is 178 g/mol. The van der Waals surface area contributed by atoms with Crippen LogP contribution in [0.1, 0.15) is 11.1 Å². The Morgan fingerprint density at radius 3 is 2.75 bits per heavy atom. The molecule has 0 saturated carbocycles. The molecule has 0 saturated heterocycles. The molecule has 0 spiro atoms. The predicted molar refractivity (Wildman–Crippen MR) is 53.0 cm³/mol. The van der Waals surface area contributed by atoms with Crippen molar-refractivity contribution in [3.63, 3.8) is 0 Å². The highest BCUT2D eigenvalue weighted by atomic mass is 31.0. The summed E-state index contributed by atoms with van der Waals surface area (Å²) in [5, 5.41) is 8.35. The summed E-state index contributed by atoms with van der Waals surface area (Å²) < 4.78 is 0. The summed E-state index contributed by atoms with van der Waals surface area (Å²) in [5.41, 5.74) is 3.97. The van der Waals surface area contributed by atoms with Crippen LogP contribution in [0.3, 0.4) is 0 Å². The minimum Gasteiger partial charge on any atom is -0.278 e. The molecule has 1 atom stereocenters. The molecule has 0 amide bonds. The molecule has 1 N–H and O–H groups in total. The Morgan fingerprint density at radius 2 is 2.25 bits per heavy atom. The van der Waals surface area contributed by atoms with E-state index in [1.807, 2.05) is 6.07 Å². The van der Waals surface area contributed by atoms with Crippen molar-refractivity contribution < 1.29 is 0 Å². The van der Waals surface area contributed by atoms with Crippen molar-refractivity contribution in [3.05, 3.63) is 29.2 Å². The second-order valence-corrected chi connectivity index (χ2v) is 4.02. The second kappa shape index (κ2) is 2.80. The first-order valence-corrected chi connectivity index (χ1v) is 5.01. The van der Waals surface area contributed by atoms with Crippen molar-refractivity contribution in [1.29, 1.82) is 0 Å². The molecule has 0 aliphatic rings. The van der Waals surface area contributed by atoms with Crippen LogP contribution in [0.25, 0.3) is 11.0 Å². The molecule has 0 aromatic carbocycles. The molecule has 0 radical (unpaired) electrons. The fourth-order valence-corrected chi connectivity index (χ4v) is 2.55. The summed E-state index contributed by atoms with van der Waals surface area (Å²) in [7, 11) is 0.801. The zero-order valence-corrected chi connectivity index (χ0v) is 8.18. The van der Waals surface area contributed by atoms with Gasteiger partial charge in [-0.1, -0.05) is 0 Å². The second-order valence-electron chi connectivity index (χ2n) is 2.94. The van der Waals surface area contributed by atoms with Crippen LogP contribution in [0.5, 0.6) is 0 Å². The van der Waals surface area contributed by atoms with Crippen LogP contribution in [-0.2, 0) is 0 Å². The molecule has 3 heteroatoms. The van der Waals surface area contributed by atoms with Gasteiger partial charge in [0.2, 0.25) is 0 Å². The quantitative estimate of drug-likeness (QED) is 0.714. The molecule has 0 aliphatic heterocycles. The number of hydrogen-bond acceptors (Lipinski definition) is 1. The van der Waals surface area contributed by atoms with Gasteiger partial charge in [-0.2, -0.15) is 5.10 Å².